The van der Waals surface area contributed by atoms with Gasteiger partial charge in [0.2, 0.25) is 5.91 Å². The number of H-pyrrole nitrogens is 1. The summed E-state index contributed by atoms with van der Waals surface area (Å²) in [5.74, 6) is -0.0613. The highest BCUT2D eigenvalue weighted by molar-refractivity contribution is 6.09. The number of nitrogens with one attached hydrogen (secondary N) is 2. The van der Waals surface area contributed by atoms with Crippen molar-refractivity contribution in [1.29, 1.82) is 0 Å². The SMILES string of the molecule is CC(=O)N[C@H](C)c1nccc2c1[nH]c1ccc(-c3ccccc3)cc12. The van der Waals surface area contributed by atoms with E-state index in [0.717, 1.165) is 27.5 Å². The Balaban J connectivity index is 1.89. The molecule has 2 N–H and O–H groups in total. The number of nitrogens with zero attached hydrogens (tertiary/aromatic N) is 1. The maximum absolute atomic E-state index is 11.4. The average Bonchev–Trinajstić information content (AvgIpc) is 2.99. The molecule has 4 aromatic rings. The van der Waals surface area contributed by atoms with E-state index in [1.807, 2.05) is 31.2 Å². The molecule has 0 saturated carbocycles. The first kappa shape index (κ1) is 15.4. The van der Waals surface area contributed by atoms with E-state index in [-0.39, 0.29) is 11.9 Å². The largest absolute Gasteiger partial charge is 0.353 e. The zero-order valence-electron chi connectivity index (χ0n) is 14.2. The second kappa shape index (κ2) is 6.06. The summed E-state index contributed by atoms with van der Waals surface area (Å²) in [5.41, 5.74) is 5.27. The molecule has 1 amide bonds. The number of rotatable bonds is 3. The van der Waals surface area contributed by atoms with Gasteiger partial charge < -0.3 is 10.3 Å². The van der Waals surface area contributed by atoms with E-state index in [4.69, 9.17) is 0 Å². The second-order valence-corrected chi connectivity index (χ2v) is 6.29. The third kappa shape index (κ3) is 2.76. The van der Waals surface area contributed by atoms with Gasteiger partial charge in [-0.3, -0.25) is 9.78 Å². The van der Waals surface area contributed by atoms with E-state index in [1.165, 1.54) is 18.1 Å². The molecule has 0 fully saturated rings. The third-order valence-electron chi connectivity index (χ3n) is 4.49. The lowest BCUT2D eigenvalue weighted by molar-refractivity contribution is -0.119. The van der Waals surface area contributed by atoms with Gasteiger partial charge in [-0.25, -0.2) is 0 Å². The van der Waals surface area contributed by atoms with Crippen LogP contribution >= 0.6 is 0 Å². The van der Waals surface area contributed by atoms with Crippen molar-refractivity contribution in [3.63, 3.8) is 0 Å². The van der Waals surface area contributed by atoms with Crippen LogP contribution in [0.25, 0.3) is 32.9 Å². The molecule has 4 heteroatoms. The van der Waals surface area contributed by atoms with Crippen LogP contribution in [0.3, 0.4) is 0 Å². The van der Waals surface area contributed by atoms with Gasteiger partial charge in [-0.2, -0.15) is 0 Å². The molecule has 0 aliphatic heterocycles. The predicted molar refractivity (Wildman–Crippen MR) is 101 cm³/mol. The van der Waals surface area contributed by atoms with Crippen LogP contribution in [0.5, 0.6) is 0 Å². The number of amides is 1. The number of hydrogen-bond donors (Lipinski definition) is 2. The summed E-state index contributed by atoms with van der Waals surface area (Å²) >= 11 is 0. The molecule has 0 unspecified atom stereocenters. The summed E-state index contributed by atoms with van der Waals surface area (Å²) in [7, 11) is 0. The standard InChI is InChI=1S/C21H19N3O/c1-13(23-14(2)25)20-21-17(10-11-22-20)18-12-16(8-9-19(18)24-21)15-6-4-3-5-7-15/h3-13,24H,1-2H3,(H,23,25)/t13-/m1/s1. The number of pyridine rings is 1. The van der Waals surface area contributed by atoms with Crippen molar-refractivity contribution < 1.29 is 4.79 Å². The van der Waals surface area contributed by atoms with E-state index in [9.17, 15) is 4.79 Å². The van der Waals surface area contributed by atoms with E-state index in [0.29, 0.717) is 0 Å². The van der Waals surface area contributed by atoms with Crippen molar-refractivity contribution in [2.24, 2.45) is 0 Å². The Morgan fingerprint density at radius 3 is 2.60 bits per heavy atom. The van der Waals surface area contributed by atoms with Crippen molar-refractivity contribution in [2.75, 3.05) is 0 Å². The maximum Gasteiger partial charge on any atom is 0.217 e. The van der Waals surface area contributed by atoms with E-state index in [1.54, 1.807) is 6.20 Å². The van der Waals surface area contributed by atoms with Crippen LogP contribution < -0.4 is 5.32 Å². The second-order valence-electron chi connectivity index (χ2n) is 6.29. The van der Waals surface area contributed by atoms with Crippen molar-refractivity contribution in [3.05, 3.63) is 66.5 Å². The topological polar surface area (TPSA) is 57.8 Å². The van der Waals surface area contributed by atoms with Gasteiger partial charge in [-0.15, -0.1) is 0 Å². The molecule has 4 rings (SSSR count). The molecule has 4 nitrogen and oxygen atoms in total. The number of carbonyl (C=O) groups excluding carboxylic acids is 1. The van der Waals surface area contributed by atoms with E-state index >= 15 is 0 Å². The van der Waals surface area contributed by atoms with Crippen LogP contribution in [0.4, 0.5) is 0 Å². The molecule has 0 radical (unpaired) electrons. The first-order chi connectivity index (χ1) is 12.1. The molecule has 2 aromatic carbocycles. The number of fused-ring (bicyclic) bond motifs is 3. The minimum atomic E-state index is -0.150. The summed E-state index contributed by atoms with van der Waals surface area (Å²) in [6.45, 7) is 3.47. The van der Waals surface area contributed by atoms with Crippen molar-refractivity contribution >= 4 is 27.7 Å². The predicted octanol–water partition coefficient (Wildman–Crippen LogP) is 4.58. The van der Waals surface area contributed by atoms with E-state index < -0.39 is 0 Å². The Bertz CT molecular complexity index is 1070. The highest BCUT2D eigenvalue weighted by Crippen LogP contribution is 2.32. The Morgan fingerprint density at radius 1 is 1.04 bits per heavy atom. The number of hydrogen-bond acceptors (Lipinski definition) is 2. The summed E-state index contributed by atoms with van der Waals surface area (Å²) in [6.07, 6.45) is 1.80. The Morgan fingerprint density at radius 2 is 1.84 bits per heavy atom. The number of carbonyl (C=O) groups is 1. The number of aromatic amines is 1. The maximum atomic E-state index is 11.4. The summed E-state index contributed by atoms with van der Waals surface area (Å²) in [5, 5.41) is 5.19. The lowest BCUT2D eigenvalue weighted by Crippen LogP contribution is -2.24. The van der Waals surface area contributed by atoms with Crippen LogP contribution in [0, 0.1) is 0 Å². The van der Waals surface area contributed by atoms with E-state index in [2.05, 4.69) is 45.6 Å². The Kier molecular flexibility index (Phi) is 3.73. The van der Waals surface area contributed by atoms with Gasteiger partial charge in [-0.05, 0) is 36.2 Å². The lowest BCUT2D eigenvalue weighted by atomic mass is 10.0. The molecular formula is C21H19N3O. The van der Waals surface area contributed by atoms with Gasteiger partial charge in [-0.1, -0.05) is 36.4 Å². The van der Waals surface area contributed by atoms with Gasteiger partial charge in [0.1, 0.15) is 0 Å². The van der Waals surface area contributed by atoms with Crippen LogP contribution in [-0.4, -0.2) is 15.9 Å². The summed E-state index contributed by atoms with van der Waals surface area (Å²) in [6, 6.07) is 18.6. The first-order valence-electron chi connectivity index (χ1n) is 8.36. The fourth-order valence-corrected chi connectivity index (χ4v) is 3.36. The Hall–Kier alpha value is -3.14. The molecule has 1 atom stereocenters. The van der Waals surface area contributed by atoms with Crippen LogP contribution in [0.1, 0.15) is 25.6 Å². The fraction of sp³-hybridized carbons (Fsp3) is 0.143. The van der Waals surface area contributed by atoms with Crippen LogP contribution in [-0.2, 0) is 4.79 Å². The summed E-state index contributed by atoms with van der Waals surface area (Å²) in [4.78, 5) is 19.3. The molecule has 0 aliphatic rings. The molecule has 0 bridgehead atoms. The third-order valence-corrected chi connectivity index (χ3v) is 4.49. The van der Waals surface area contributed by atoms with Crippen molar-refractivity contribution in [2.45, 2.75) is 19.9 Å². The minimum Gasteiger partial charge on any atom is -0.353 e. The van der Waals surface area contributed by atoms with Gasteiger partial charge in [0.05, 0.1) is 17.3 Å². The molecule has 0 saturated heterocycles. The van der Waals surface area contributed by atoms with Gasteiger partial charge >= 0.3 is 0 Å². The smallest absolute Gasteiger partial charge is 0.217 e. The quantitative estimate of drug-likeness (QED) is 0.578. The first-order valence-corrected chi connectivity index (χ1v) is 8.36. The zero-order chi connectivity index (χ0) is 17.4. The number of aromatic nitrogens is 2. The van der Waals surface area contributed by atoms with Crippen LogP contribution in [0.2, 0.25) is 0 Å². The zero-order valence-corrected chi connectivity index (χ0v) is 14.2. The highest BCUT2D eigenvalue weighted by atomic mass is 16.1. The van der Waals surface area contributed by atoms with Crippen molar-refractivity contribution in [3.8, 4) is 11.1 Å². The molecule has 2 aromatic heterocycles. The van der Waals surface area contributed by atoms with Gasteiger partial charge in [0.15, 0.2) is 0 Å². The molecular weight excluding hydrogens is 310 g/mol. The normalized spacial score (nSPS) is 12.4. The Labute approximate surface area is 145 Å². The molecule has 2 heterocycles. The monoisotopic (exact) mass is 329 g/mol. The highest BCUT2D eigenvalue weighted by Gasteiger charge is 2.15. The minimum absolute atomic E-state index is 0.0613. The summed E-state index contributed by atoms with van der Waals surface area (Å²) < 4.78 is 0. The van der Waals surface area contributed by atoms with Crippen LogP contribution in [0.15, 0.2) is 60.8 Å². The van der Waals surface area contributed by atoms with Gasteiger partial charge in [0.25, 0.3) is 0 Å². The average molecular weight is 329 g/mol. The molecule has 124 valence electrons. The fourth-order valence-electron chi connectivity index (χ4n) is 3.36. The molecule has 25 heavy (non-hydrogen) atoms. The lowest BCUT2D eigenvalue weighted by Gasteiger charge is -2.12. The number of benzene rings is 2. The van der Waals surface area contributed by atoms with Gasteiger partial charge in [0, 0.05) is 29.4 Å². The molecule has 0 aliphatic carbocycles. The van der Waals surface area contributed by atoms with Crippen molar-refractivity contribution in [1.82, 2.24) is 15.3 Å². The molecule has 0 spiro atoms.